The molecule has 92 heavy (non-hydrogen) atoms. The van der Waals surface area contributed by atoms with E-state index in [4.69, 9.17) is 37.0 Å². The zero-order chi connectivity index (χ0) is 68.0. The minimum atomic E-state index is -4.96. The van der Waals surface area contributed by atoms with E-state index in [0.717, 1.165) is 115 Å². The number of aliphatic hydroxyl groups is 1. The number of ether oxygens (including phenoxy) is 4. The molecule has 0 spiro atoms. The molecule has 3 unspecified atom stereocenters. The Morgan fingerprint density at radius 3 is 0.967 bits per heavy atom. The number of unbranched alkanes of at least 4 members (excludes halogenated alkanes) is 33. The Balaban J connectivity index is 5.25. The minimum Gasteiger partial charge on any atom is -0.462 e. The van der Waals surface area contributed by atoms with Gasteiger partial charge in [-0.3, -0.25) is 37.3 Å². The van der Waals surface area contributed by atoms with Gasteiger partial charge in [0.2, 0.25) is 0 Å². The third-order valence-corrected chi connectivity index (χ3v) is 18.5. The first-order chi connectivity index (χ1) is 44.3. The lowest BCUT2D eigenvalue weighted by Gasteiger charge is -2.21. The standard InChI is InChI=1S/C73H138O17P2/c1-8-10-11-12-13-14-15-16-17-22-25-28-33-42-49-56-72(77)89-68(60-83-70(75)54-47-40-32-27-24-21-19-18-20-23-26-31-39-46-53-66(7)9-2)62-87-91(79,80)85-58-67(74)59-86-92(81,82)88-63-69(61-84-71(76)55-48-41-36-35-38-45-52-65(5)6)90-73(78)57-50-43-34-29-30-37-44-51-64(3)4/h14-17,64-69,74H,8-13,18-63H2,1-7H3,(H,79,80)(H,81,82)/b15-14-,17-16-/t66?,67-,68-,69-/m1/s1. The number of carbonyl (C=O) groups excluding carboxylic acids is 4. The quantitative estimate of drug-likeness (QED) is 0.0169. The molecule has 0 aromatic rings. The van der Waals surface area contributed by atoms with Crippen LogP contribution < -0.4 is 0 Å². The molecule has 0 aromatic heterocycles. The number of esters is 4. The summed E-state index contributed by atoms with van der Waals surface area (Å²) in [5.41, 5.74) is 0. The van der Waals surface area contributed by atoms with Crippen LogP contribution >= 0.6 is 15.6 Å². The second kappa shape index (κ2) is 63.3. The van der Waals surface area contributed by atoms with Gasteiger partial charge in [0.15, 0.2) is 12.2 Å². The maximum atomic E-state index is 13.0. The van der Waals surface area contributed by atoms with Gasteiger partial charge in [-0.15, -0.1) is 0 Å². The fourth-order valence-corrected chi connectivity index (χ4v) is 12.1. The van der Waals surface area contributed by atoms with Crippen LogP contribution in [0.25, 0.3) is 0 Å². The highest BCUT2D eigenvalue weighted by Crippen LogP contribution is 2.45. The van der Waals surface area contributed by atoms with Crippen LogP contribution in [0.15, 0.2) is 24.3 Å². The Morgan fingerprint density at radius 1 is 0.359 bits per heavy atom. The van der Waals surface area contributed by atoms with E-state index in [0.29, 0.717) is 37.5 Å². The smallest absolute Gasteiger partial charge is 0.462 e. The van der Waals surface area contributed by atoms with Gasteiger partial charge in [0.25, 0.3) is 0 Å². The molecule has 0 radical (unpaired) electrons. The molecule has 0 heterocycles. The molecule has 0 aromatic carbocycles. The molecule has 0 bridgehead atoms. The van der Waals surface area contributed by atoms with Crippen molar-refractivity contribution in [3.8, 4) is 0 Å². The van der Waals surface area contributed by atoms with Gasteiger partial charge in [-0.05, 0) is 69.1 Å². The lowest BCUT2D eigenvalue weighted by molar-refractivity contribution is -0.161. The first-order valence-corrected chi connectivity index (χ1v) is 40.2. The van der Waals surface area contributed by atoms with Crippen LogP contribution in [0, 0.1) is 17.8 Å². The third-order valence-electron chi connectivity index (χ3n) is 16.6. The molecule has 0 amide bonds. The van der Waals surface area contributed by atoms with Crippen LogP contribution in [-0.2, 0) is 65.4 Å². The SMILES string of the molecule is CCCCCC/C=C\C=C/CCCCCCCC(=O)O[C@H](COC(=O)CCCCCCCCCCCCCCCCC(C)CC)COP(=O)(O)OC[C@@H](O)COP(=O)(O)OC[C@@H](COC(=O)CCCCCCCCC(C)C)OC(=O)CCCCCCCCCC(C)C. The molecule has 6 atom stereocenters. The molecule has 19 heteroatoms. The molecule has 0 rings (SSSR count). The fraction of sp³-hybridized carbons (Fsp3) is 0.890. The van der Waals surface area contributed by atoms with Crippen molar-refractivity contribution in [1.82, 2.24) is 0 Å². The summed E-state index contributed by atoms with van der Waals surface area (Å²) in [4.78, 5) is 72.6. The average Bonchev–Trinajstić information content (AvgIpc) is 3.44. The molecule has 542 valence electrons. The summed E-state index contributed by atoms with van der Waals surface area (Å²) in [6, 6.07) is 0. The highest BCUT2D eigenvalue weighted by atomic mass is 31.2. The van der Waals surface area contributed by atoms with Gasteiger partial charge in [-0.25, -0.2) is 9.13 Å². The second-order valence-electron chi connectivity index (χ2n) is 26.8. The van der Waals surface area contributed by atoms with E-state index in [9.17, 15) is 43.2 Å². The highest BCUT2D eigenvalue weighted by molar-refractivity contribution is 7.47. The third kappa shape index (κ3) is 64.9. The monoisotopic (exact) mass is 1350 g/mol. The van der Waals surface area contributed by atoms with Gasteiger partial charge in [-0.2, -0.15) is 0 Å². The Morgan fingerprint density at radius 2 is 0.641 bits per heavy atom. The van der Waals surface area contributed by atoms with Crippen molar-refractivity contribution < 1.29 is 80.2 Å². The summed E-state index contributed by atoms with van der Waals surface area (Å²) < 4.78 is 68.3. The molecule has 0 aliphatic heterocycles. The first-order valence-electron chi connectivity index (χ1n) is 37.2. The van der Waals surface area contributed by atoms with Crippen LogP contribution in [0.1, 0.15) is 344 Å². The highest BCUT2D eigenvalue weighted by Gasteiger charge is 2.30. The number of aliphatic hydroxyl groups excluding tert-OH is 1. The number of rotatable bonds is 69. The van der Waals surface area contributed by atoms with Gasteiger partial charge < -0.3 is 33.8 Å². The van der Waals surface area contributed by atoms with Crippen LogP contribution in [0.5, 0.6) is 0 Å². The fourth-order valence-electron chi connectivity index (χ4n) is 10.5. The molecule has 3 N–H and O–H groups in total. The predicted octanol–water partition coefficient (Wildman–Crippen LogP) is 20.6. The van der Waals surface area contributed by atoms with Gasteiger partial charge in [-0.1, -0.05) is 291 Å². The molecule has 0 aliphatic carbocycles. The van der Waals surface area contributed by atoms with E-state index in [1.54, 1.807) is 0 Å². The van der Waals surface area contributed by atoms with Crippen molar-refractivity contribution >= 4 is 39.5 Å². The lowest BCUT2D eigenvalue weighted by atomic mass is 9.99. The maximum absolute atomic E-state index is 13.0. The van der Waals surface area contributed by atoms with Gasteiger partial charge in [0, 0.05) is 25.7 Å². The second-order valence-corrected chi connectivity index (χ2v) is 29.7. The number of carbonyl (C=O) groups is 4. The van der Waals surface area contributed by atoms with Crippen LogP contribution in [-0.4, -0.2) is 96.7 Å². The van der Waals surface area contributed by atoms with Gasteiger partial charge >= 0.3 is 39.5 Å². The summed E-state index contributed by atoms with van der Waals surface area (Å²) in [5.74, 6) is 0.0621. The maximum Gasteiger partial charge on any atom is 0.472 e. The van der Waals surface area contributed by atoms with Crippen LogP contribution in [0.2, 0.25) is 0 Å². The largest absolute Gasteiger partial charge is 0.472 e. The van der Waals surface area contributed by atoms with Crippen molar-refractivity contribution in [3.05, 3.63) is 24.3 Å². The Hall–Kier alpha value is -2.46. The summed E-state index contributed by atoms with van der Waals surface area (Å²) in [6.07, 6.45) is 51.0. The van der Waals surface area contributed by atoms with E-state index < -0.39 is 97.5 Å². The zero-order valence-corrected chi connectivity index (χ0v) is 61.3. The normalized spacial score (nSPS) is 14.6. The minimum absolute atomic E-state index is 0.0847. The average molecular weight is 1350 g/mol. The van der Waals surface area contributed by atoms with Crippen LogP contribution in [0.3, 0.4) is 0 Å². The predicted molar refractivity (Wildman–Crippen MR) is 372 cm³/mol. The Bertz CT molecular complexity index is 1900. The molecule has 0 saturated carbocycles. The lowest BCUT2D eigenvalue weighted by Crippen LogP contribution is -2.30. The zero-order valence-electron chi connectivity index (χ0n) is 59.5. The van der Waals surface area contributed by atoms with E-state index in [1.807, 2.05) is 0 Å². The van der Waals surface area contributed by atoms with Gasteiger partial charge in [0.1, 0.15) is 19.3 Å². The number of phosphoric acid groups is 2. The summed E-state index contributed by atoms with van der Waals surface area (Å²) >= 11 is 0. The van der Waals surface area contributed by atoms with E-state index >= 15 is 0 Å². The number of phosphoric ester groups is 2. The first kappa shape index (κ1) is 89.5. The number of hydrogen-bond donors (Lipinski definition) is 3. The van der Waals surface area contributed by atoms with Crippen molar-refractivity contribution in [2.75, 3.05) is 39.6 Å². The number of hydrogen-bond acceptors (Lipinski definition) is 15. The van der Waals surface area contributed by atoms with E-state index in [2.05, 4.69) is 72.8 Å². The van der Waals surface area contributed by atoms with Gasteiger partial charge in [0.05, 0.1) is 26.4 Å². The number of allylic oxidation sites excluding steroid dienone is 4. The molecular formula is C73H138O17P2. The molecular weight excluding hydrogens is 1210 g/mol. The molecule has 0 fully saturated rings. The van der Waals surface area contributed by atoms with Crippen molar-refractivity contribution in [1.29, 1.82) is 0 Å². The topological polar surface area (TPSA) is 237 Å². The van der Waals surface area contributed by atoms with E-state index in [1.165, 1.54) is 135 Å². The molecule has 0 aliphatic rings. The Kier molecular flexibility index (Phi) is 61.6. The Labute approximate surface area is 561 Å². The molecule has 17 nitrogen and oxygen atoms in total. The summed E-state index contributed by atoms with van der Waals surface area (Å²) in [5, 5.41) is 10.6. The summed E-state index contributed by atoms with van der Waals surface area (Å²) in [7, 11) is -9.92. The van der Waals surface area contributed by atoms with Crippen LogP contribution in [0.4, 0.5) is 0 Å². The molecule has 0 saturated heterocycles. The van der Waals surface area contributed by atoms with Crippen molar-refractivity contribution in [2.45, 2.75) is 362 Å². The summed E-state index contributed by atoms with van der Waals surface area (Å²) in [6.45, 7) is 11.7. The van der Waals surface area contributed by atoms with Crippen molar-refractivity contribution in [2.24, 2.45) is 17.8 Å². The van der Waals surface area contributed by atoms with E-state index in [-0.39, 0.29) is 25.7 Å². The van der Waals surface area contributed by atoms with Crippen molar-refractivity contribution in [3.63, 3.8) is 0 Å².